The fourth-order valence-electron chi connectivity index (χ4n) is 2.93. The van der Waals surface area contributed by atoms with Gasteiger partial charge in [-0.2, -0.15) is 0 Å². The van der Waals surface area contributed by atoms with Crippen LogP contribution in [0.15, 0.2) is 42.6 Å². The van der Waals surface area contributed by atoms with Crippen molar-refractivity contribution in [1.82, 2.24) is 4.98 Å². The monoisotopic (exact) mass is 412 g/mol. The number of anilines is 2. The van der Waals surface area contributed by atoms with Gasteiger partial charge < -0.3 is 14.8 Å². The second-order valence-corrected chi connectivity index (χ2v) is 6.74. The van der Waals surface area contributed by atoms with Gasteiger partial charge in [-0.3, -0.25) is 4.98 Å². The number of halogens is 1. The van der Waals surface area contributed by atoms with E-state index >= 15 is 0 Å². The van der Waals surface area contributed by atoms with Gasteiger partial charge in [0.2, 0.25) is 0 Å². The molecule has 29 heavy (non-hydrogen) atoms. The van der Waals surface area contributed by atoms with Gasteiger partial charge in [-0.1, -0.05) is 11.6 Å². The number of fused-ring (bicyclic) bond motifs is 1. The average molecular weight is 413 g/mol. The molecule has 1 heterocycles. The summed E-state index contributed by atoms with van der Waals surface area (Å²) >= 11 is 6.06. The number of hydrogen-bond donors (Lipinski definition) is 1. The van der Waals surface area contributed by atoms with Crippen LogP contribution in [-0.2, 0) is 9.47 Å². The van der Waals surface area contributed by atoms with Crippen LogP contribution in [0.3, 0.4) is 0 Å². The molecular formula is C22H21ClN2O4. The summed E-state index contributed by atoms with van der Waals surface area (Å²) in [6.07, 6.45) is 1.47. The van der Waals surface area contributed by atoms with E-state index in [1.165, 1.54) is 6.20 Å². The molecule has 3 rings (SSSR count). The van der Waals surface area contributed by atoms with Crippen molar-refractivity contribution in [2.75, 3.05) is 18.5 Å². The van der Waals surface area contributed by atoms with E-state index in [1.807, 2.05) is 19.1 Å². The molecule has 0 saturated heterocycles. The highest BCUT2D eigenvalue weighted by Crippen LogP contribution is 2.32. The number of rotatable bonds is 6. The van der Waals surface area contributed by atoms with Crippen LogP contribution in [0.5, 0.6) is 0 Å². The first kappa shape index (κ1) is 20.6. The third kappa shape index (κ3) is 4.49. The molecule has 0 atom stereocenters. The lowest BCUT2D eigenvalue weighted by atomic mass is 10.1. The topological polar surface area (TPSA) is 77.5 Å². The summed E-state index contributed by atoms with van der Waals surface area (Å²) in [7, 11) is 0. The Labute approximate surface area is 173 Å². The Bertz CT molecular complexity index is 1080. The molecule has 0 aliphatic carbocycles. The smallest absolute Gasteiger partial charge is 0.341 e. The Kier molecular flexibility index (Phi) is 6.34. The van der Waals surface area contributed by atoms with Gasteiger partial charge in [-0.05, 0) is 62.7 Å². The van der Waals surface area contributed by atoms with E-state index in [9.17, 15) is 9.59 Å². The highest BCUT2D eigenvalue weighted by Gasteiger charge is 2.19. The third-order valence-electron chi connectivity index (χ3n) is 4.32. The Morgan fingerprint density at radius 3 is 2.45 bits per heavy atom. The zero-order chi connectivity index (χ0) is 21.0. The van der Waals surface area contributed by atoms with Gasteiger partial charge >= 0.3 is 11.9 Å². The van der Waals surface area contributed by atoms with Crippen LogP contribution in [-0.4, -0.2) is 30.1 Å². The Morgan fingerprint density at radius 1 is 1.03 bits per heavy atom. The van der Waals surface area contributed by atoms with Crippen molar-refractivity contribution in [1.29, 1.82) is 0 Å². The number of aromatic nitrogens is 1. The zero-order valence-electron chi connectivity index (χ0n) is 16.4. The summed E-state index contributed by atoms with van der Waals surface area (Å²) < 4.78 is 10.3. The molecule has 0 aliphatic heterocycles. The molecule has 0 unspecified atom stereocenters. The predicted octanol–water partition coefficient (Wildman–Crippen LogP) is 5.29. The summed E-state index contributed by atoms with van der Waals surface area (Å²) in [6.45, 7) is 5.90. The second kappa shape index (κ2) is 8.92. The molecule has 150 valence electrons. The van der Waals surface area contributed by atoms with Crippen molar-refractivity contribution in [3.05, 3.63) is 64.3 Å². The summed E-state index contributed by atoms with van der Waals surface area (Å²) in [6, 6.07) is 10.4. The van der Waals surface area contributed by atoms with E-state index in [4.69, 9.17) is 21.1 Å². The second-order valence-electron chi connectivity index (χ2n) is 6.30. The standard InChI is InChI=1S/C22H21ClN2O4/c1-4-28-21(26)14-6-8-19-16(11-14)20(17(12-24-19)22(27)29-5-2)25-18-9-7-15(23)10-13(18)3/h6-12H,4-5H2,1-3H3,(H,24,25). The number of ether oxygens (including phenoxy) is 2. The number of pyridine rings is 1. The van der Waals surface area contributed by atoms with E-state index < -0.39 is 11.9 Å². The minimum Gasteiger partial charge on any atom is -0.462 e. The largest absolute Gasteiger partial charge is 0.462 e. The quantitative estimate of drug-likeness (QED) is 0.554. The maximum Gasteiger partial charge on any atom is 0.341 e. The first-order chi connectivity index (χ1) is 13.9. The van der Waals surface area contributed by atoms with Crippen LogP contribution in [0, 0.1) is 6.92 Å². The van der Waals surface area contributed by atoms with E-state index in [2.05, 4.69) is 10.3 Å². The number of esters is 2. The molecule has 0 spiro atoms. The number of hydrogen-bond acceptors (Lipinski definition) is 6. The Morgan fingerprint density at radius 2 is 1.76 bits per heavy atom. The normalized spacial score (nSPS) is 10.6. The lowest BCUT2D eigenvalue weighted by Crippen LogP contribution is -2.10. The third-order valence-corrected chi connectivity index (χ3v) is 4.56. The molecule has 1 N–H and O–H groups in total. The molecule has 3 aromatic rings. The Balaban J connectivity index is 2.19. The number of nitrogens with one attached hydrogen (secondary N) is 1. The van der Waals surface area contributed by atoms with Gasteiger partial charge in [0.1, 0.15) is 5.56 Å². The van der Waals surface area contributed by atoms with Crippen LogP contribution >= 0.6 is 11.6 Å². The summed E-state index contributed by atoms with van der Waals surface area (Å²) in [5, 5.41) is 4.52. The molecule has 0 fully saturated rings. The van der Waals surface area contributed by atoms with Gasteiger partial charge in [0, 0.05) is 22.3 Å². The number of aryl methyl sites for hydroxylation is 1. The van der Waals surface area contributed by atoms with Crippen molar-refractivity contribution in [3.63, 3.8) is 0 Å². The summed E-state index contributed by atoms with van der Waals surface area (Å²) in [4.78, 5) is 29.1. The van der Waals surface area contributed by atoms with Crippen LogP contribution in [0.4, 0.5) is 11.4 Å². The molecule has 1 aromatic heterocycles. The molecule has 0 aliphatic rings. The van der Waals surface area contributed by atoms with E-state index in [-0.39, 0.29) is 18.8 Å². The summed E-state index contributed by atoms with van der Waals surface area (Å²) in [5.74, 6) is -0.942. The van der Waals surface area contributed by atoms with Crippen LogP contribution < -0.4 is 5.32 Å². The molecule has 2 aromatic carbocycles. The molecule has 0 saturated carbocycles. The molecule has 0 amide bonds. The van der Waals surface area contributed by atoms with Crippen molar-refractivity contribution in [2.45, 2.75) is 20.8 Å². The molecule has 7 heteroatoms. The number of benzene rings is 2. The van der Waals surface area contributed by atoms with E-state index in [0.29, 0.717) is 27.2 Å². The first-order valence-electron chi connectivity index (χ1n) is 9.24. The van der Waals surface area contributed by atoms with Crippen molar-refractivity contribution in [3.8, 4) is 0 Å². The molecule has 0 bridgehead atoms. The number of nitrogens with zero attached hydrogens (tertiary/aromatic N) is 1. The number of carbonyl (C=O) groups is 2. The lowest BCUT2D eigenvalue weighted by Gasteiger charge is -2.16. The van der Waals surface area contributed by atoms with E-state index in [0.717, 1.165) is 11.3 Å². The van der Waals surface area contributed by atoms with Gasteiger partial charge in [0.25, 0.3) is 0 Å². The van der Waals surface area contributed by atoms with Crippen LogP contribution in [0.2, 0.25) is 5.02 Å². The predicted molar refractivity (Wildman–Crippen MR) is 113 cm³/mol. The molecule has 0 radical (unpaired) electrons. The van der Waals surface area contributed by atoms with Crippen molar-refractivity contribution in [2.24, 2.45) is 0 Å². The van der Waals surface area contributed by atoms with Gasteiger partial charge in [0.15, 0.2) is 0 Å². The van der Waals surface area contributed by atoms with E-state index in [1.54, 1.807) is 38.1 Å². The molecular weight excluding hydrogens is 392 g/mol. The SMILES string of the molecule is CCOC(=O)c1ccc2ncc(C(=O)OCC)c(Nc3ccc(Cl)cc3C)c2c1. The van der Waals surface area contributed by atoms with Crippen molar-refractivity contribution < 1.29 is 19.1 Å². The van der Waals surface area contributed by atoms with Gasteiger partial charge in [-0.15, -0.1) is 0 Å². The minimum absolute atomic E-state index is 0.235. The Hall–Kier alpha value is -3.12. The minimum atomic E-state index is -0.502. The average Bonchev–Trinajstić information content (AvgIpc) is 2.70. The maximum absolute atomic E-state index is 12.5. The highest BCUT2D eigenvalue weighted by atomic mass is 35.5. The van der Waals surface area contributed by atoms with Crippen LogP contribution in [0.1, 0.15) is 40.1 Å². The van der Waals surface area contributed by atoms with Gasteiger partial charge in [-0.25, -0.2) is 9.59 Å². The fourth-order valence-corrected chi connectivity index (χ4v) is 3.16. The van der Waals surface area contributed by atoms with Crippen LogP contribution in [0.25, 0.3) is 10.9 Å². The maximum atomic E-state index is 12.5. The number of carbonyl (C=O) groups excluding carboxylic acids is 2. The molecule has 6 nitrogen and oxygen atoms in total. The summed E-state index contributed by atoms with van der Waals surface area (Å²) in [5.41, 5.74) is 3.45. The fraction of sp³-hybridized carbons (Fsp3) is 0.227. The van der Waals surface area contributed by atoms with Crippen molar-refractivity contribution >= 4 is 45.8 Å². The first-order valence-corrected chi connectivity index (χ1v) is 9.62. The highest BCUT2D eigenvalue weighted by molar-refractivity contribution is 6.30. The van der Waals surface area contributed by atoms with Gasteiger partial charge in [0.05, 0.1) is 30.0 Å². The zero-order valence-corrected chi connectivity index (χ0v) is 17.2. The lowest BCUT2D eigenvalue weighted by molar-refractivity contribution is 0.0518.